The van der Waals surface area contributed by atoms with E-state index in [9.17, 15) is 9.50 Å². The fraction of sp³-hybridized carbons (Fsp3) is 0.286. The molecule has 0 aromatic carbocycles. The monoisotopic (exact) mass is 381 g/mol. The van der Waals surface area contributed by atoms with Crippen LogP contribution >= 0.6 is 15.9 Å². The molecule has 9 heteroatoms. The Bertz CT molecular complexity index is 891. The molecule has 0 atom stereocenters. The van der Waals surface area contributed by atoms with Crippen molar-refractivity contribution in [3.8, 4) is 17.0 Å². The number of halogens is 2. The Kier molecular flexibility index (Phi) is 3.77. The highest BCUT2D eigenvalue weighted by Crippen LogP contribution is 2.31. The van der Waals surface area contributed by atoms with Gasteiger partial charge in [-0.3, -0.25) is 0 Å². The highest BCUT2D eigenvalue weighted by atomic mass is 79.9. The molecular weight excluding hydrogens is 369 g/mol. The van der Waals surface area contributed by atoms with E-state index in [1.807, 2.05) is 0 Å². The van der Waals surface area contributed by atoms with E-state index in [0.29, 0.717) is 22.7 Å². The van der Waals surface area contributed by atoms with Crippen LogP contribution in [0.2, 0.25) is 0 Å². The van der Waals surface area contributed by atoms with Crippen LogP contribution < -0.4 is 4.74 Å². The van der Waals surface area contributed by atoms with Gasteiger partial charge in [0.1, 0.15) is 17.0 Å². The van der Waals surface area contributed by atoms with Crippen LogP contribution in [-0.4, -0.2) is 36.8 Å². The van der Waals surface area contributed by atoms with Gasteiger partial charge in [-0.05, 0) is 29.8 Å². The third-order valence-electron chi connectivity index (χ3n) is 3.23. The van der Waals surface area contributed by atoms with Gasteiger partial charge in [-0.1, -0.05) is 0 Å². The Balaban J connectivity index is 2.30. The van der Waals surface area contributed by atoms with E-state index in [-0.39, 0.29) is 10.4 Å². The Labute approximate surface area is 139 Å². The molecule has 0 radical (unpaired) electrons. The van der Waals surface area contributed by atoms with Gasteiger partial charge in [0, 0.05) is 0 Å². The van der Waals surface area contributed by atoms with Crippen LogP contribution in [0.1, 0.15) is 19.5 Å². The zero-order valence-electron chi connectivity index (χ0n) is 12.6. The largest absolute Gasteiger partial charge is 0.493 e. The summed E-state index contributed by atoms with van der Waals surface area (Å²) in [5, 5.41) is 14.4. The Morgan fingerprint density at radius 2 is 2.04 bits per heavy atom. The summed E-state index contributed by atoms with van der Waals surface area (Å²) in [6, 6.07) is 0. The van der Waals surface area contributed by atoms with E-state index < -0.39 is 11.4 Å². The lowest BCUT2D eigenvalue weighted by atomic mass is 10.0. The van der Waals surface area contributed by atoms with Crippen LogP contribution in [0.15, 0.2) is 23.3 Å². The van der Waals surface area contributed by atoms with Gasteiger partial charge in [0.05, 0.1) is 31.3 Å². The molecule has 3 heterocycles. The minimum absolute atomic E-state index is 0.0706. The number of hydrogen-bond donors (Lipinski definition) is 1. The molecule has 120 valence electrons. The van der Waals surface area contributed by atoms with Crippen molar-refractivity contribution in [2.75, 3.05) is 7.11 Å². The molecule has 0 amide bonds. The van der Waals surface area contributed by atoms with Gasteiger partial charge in [0.15, 0.2) is 21.9 Å². The predicted molar refractivity (Wildman–Crippen MR) is 83.5 cm³/mol. The van der Waals surface area contributed by atoms with Crippen molar-refractivity contribution in [1.29, 1.82) is 0 Å². The van der Waals surface area contributed by atoms with Gasteiger partial charge < -0.3 is 9.84 Å². The van der Waals surface area contributed by atoms with Crippen molar-refractivity contribution in [2.24, 2.45) is 0 Å². The summed E-state index contributed by atoms with van der Waals surface area (Å²) in [5.41, 5.74) is -0.102. The maximum Gasteiger partial charge on any atom is 0.197 e. The highest BCUT2D eigenvalue weighted by molar-refractivity contribution is 9.10. The van der Waals surface area contributed by atoms with E-state index in [2.05, 4.69) is 36.0 Å². The quantitative estimate of drug-likeness (QED) is 0.700. The summed E-state index contributed by atoms with van der Waals surface area (Å²) in [6.07, 6.45) is 4.09. The molecular formula is C14H13BrFN5O2. The summed E-state index contributed by atoms with van der Waals surface area (Å²) < 4.78 is 21.0. The van der Waals surface area contributed by atoms with Crippen LogP contribution in [-0.2, 0) is 5.60 Å². The summed E-state index contributed by atoms with van der Waals surface area (Å²) in [4.78, 5) is 12.2. The molecule has 3 aromatic rings. The van der Waals surface area contributed by atoms with E-state index >= 15 is 0 Å². The molecule has 1 N–H and O–H groups in total. The molecule has 0 spiro atoms. The van der Waals surface area contributed by atoms with Crippen LogP contribution in [0.25, 0.3) is 16.9 Å². The van der Waals surface area contributed by atoms with Gasteiger partial charge in [-0.15, -0.1) is 0 Å². The lowest BCUT2D eigenvalue weighted by molar-refractivity contribution is 0.0707. The number of methoxy groups -OCH3 is 1. The highest BCUT2D eigenvalue weighted by Gasteiger charge is 2.26. The van der Waals surface area contributed by atoms with E-state index in [0.717, 1.165) is 6.20 Å². The fourth-order valence-electron chi connectivity index (χ4n) is 2.18. The average Bonchev–Trinajstić information content (AvgIpc) is 2.90. The number of hydrogen-bond acceptors (Lipinski definition) is 6. The second-order valence-electron chi connectivity index (χ2n) is 5.38. The SMILES string of the molecule is COc1cn2ncc(-c3nc(Br)ncc3F)c2nc1C(C)(C)O. The Morgan fingerprint density at radius 1 is 1.30 bits per heavy atom. The Hall–Kier alpha value is -2.13. The molecule has 0 aliphatic carbocycles. The van der Waals surface area contributed by atoms with E-state index in [1.54, 1.807) is 20.0 Å². The van der Waals surface area contributed by atoms with Crippen molar-refractivity contribution < 1.29 is 14.2 Å². The van der Waals surface area contributed by atoms with Gasteiger partial charge in [0.2, 0.25) is 0 Å². The maximum absolute atomic E-state index is 14.1. The minimum atomic E-state index is -1.24. The first-order chi connectivity index (χ1) is 10.8. The van der Waals surface area contributed by atoms with Crippen LogP contribution in [0, 0.1) is 5.82 Å². The molecule has 0 aliphatic heterocycles. The minimum Gasteiger partial charge on any atom is -0.493 e. The lowest BCUT2D eigenvalue weighted by Gasteiger charge is -2.19. The molecule has 3 aromatic heterocycles. The first kappa shape index (κ1) is 15.8. The zero-order chi connectivity index (χ0) is 16.8. The number of aromatic nitrogens is 5. The second kappa shape index (κ2) is 5.50. The molecule has 0 fully saturated rings. The van der Waals surface area contributed by atoms with Crippen LogP contribution in [0.3, 0.4) is 0 Å². The topological polar surface area (TPSA) is 85.4 Å². The molecule has 0 bridgehead atoms. The van der Waals surface area contributed by atoms with Crippen molar-refractivity contribution >= 4 is 21.6 Å². The molecule has 23 heavy (non-hydrogen) atoms. The smallest absolute Gasteiger partial charge is 0.197 e. The summed E-state index contributed by atoms with van der Waals surface area (Å²) >= 11 is 3.12. The van der Waals surface area contributed by atoms with Crippen molar-refractivity contribution in [3.63, 3.8) is 0 Å². The number of nitrogens with zero attached hydrogens (tertiary/aromatic N) is 5. The first-order valence-electron chi connectivity index (χ1n) is 6.65. The lowest BCUT2D eigenvalue weighted by Crippen LogP contribution is -2.19. The molecule has 3 rings (SSSR count). The number of rotatable bonds is 3. The molecule has 0 saturated heterocycles. The maximum atomic E-state index is 14.1. The summed E-state index contributed by atoms with van der Waals surface area (Å²) in [6.45, 7) is 3.18. The third-order valence-corrected chi connectivity index (χ3v) is 3.61. The van der Waals surface area contributed by atoms with Crippen molar-refractivity contribution in [2.45, 2.75) is 19.4 Å². The predicted octanol–water partition coefficient (Wildman–Crippen LogP) is 2.32. The molecule has 7 nitrogen and oxygen atoms in total. The number of ether oxygens (including phenoxy) is 1. The second-order valence-corrected chi connectivity index (χ2v) is 6.09. The van der Waals surface area contributed by atoms with Crippen molar-refractivity contribution in [1.82, 2.24) is 24.6 Å². The van der Waals surface area contributed by atoms with Crippen LogP contribution in [0.4, 0.5) is 4.39 Å². The van der Waals surface area contributed by atoms with Gasteiger partial charge in [-0.25, -0.2) is 23.9 Å². The fourth-order valence-corrected chi connectivity index (χ4v) is 2.46. The molecule has 0 unspecified atom stereocenters. The van der Waals surface area contributed by atoms with Crippen molar-refractivity contribution in [3.05, 3.63) is 34.8 Å². The molecule has 0 aliphatic rings. The number of aliphatic hydroxyl groups is 1. The van der Waals surface area contributed by atoms with Gasteiger partial charge in [-0.2, -0.15) is 5.10 Å². The average molecular weight is 382 g/mol. The van der Waals surface area contributed by atoms with Gasteiger partial charge >= 0.3 is 0 Å². The van der Waals surface area contributed by atoms with E-state index in [1.165, 1.54) is 17.8 Å². The zero-order valence-corrected chi connectivity index (χ0v) is 14.2. The first-order valence-corrected chi connectivity index (χ1v) is 7.44. The summed E-state index contributed by atoms with van der Waals surface area (Å²) in [7, 11) is 1.48. The van der Waals surface area contributed by atoms with Gasteiger partial charge in [0.25, 0.3) is 0 Å². The Morgan fingerprint density at radius 3 is 2.70 bits per heavy atom. The third kappa shape index (κ3) is 2.77. The van der Waals surface area contributed by atoms with E-state index in [4.69, 9.17) is 4.74 Å². The molecule has 0 saturated carbocycles. The summed E-state index contributed by atoms with van der Waals surface area (Å²) in [5.74, 6) is -0.213. The number of fused-ring (bicyclic) bond motifs is 1. The van der Waals surface area contributed by atoms with Crippen LogP contribution in [0.5, 0.6) is 5.75 Å². The standard InChI is InChI=1S/C14H13BrFN5O2/c1-14(2,22)11-9(23-3)6-21-12(20-11)7(4-18-21)10-8(16)5-17-13(15)19-10/h4-6,22H,1-3H3. The normalized spacial score (nSPS) is 11.9.